The number of benzene rings is 1. The summed E-state index contributed by atoms with van der Waals surface area (Å²) in [4.78, 5) is 4.53. The lowest BCUT2D eigenvalue weighted by Gasteiger charge is -2.20. The van der Waals surface area contributed by atoms with Crippen molar-refractivity contribution in [3.05, 3.63) is 47.3 Å². The predicted octanol–water partition coefficient (Wildman–Crippen LogP) is 1.74. The van der Waals surface area contributed by atoms with E-state index in [0.29, 0.717) is 5.96 Å². The maximum Gasteiger partial charge on any atom is 0.191 e. The molecule has 1 aromatic heterocycles. The molecule has 2 rings (SSSR count). The van der Waals surface area contributed by atoms with E-state index in [1.165, 1.54) is 5.56 Å². The van der Waals surface area contributed by atoms with Gasteiger partial charge in [0.15, 0.2) is 5.96 Å². The number of nitrogens with zero attached hydrogens (tertiary/aromatic N) is 3. The molecule has 2 aromatic rings. The number of aliphatic imine (C=N–C) groups is 1. The molecule has 1 heterocycles. The summed E-state index contributed by atoms with van der Waals surface area (Å²) in [6.45, 7) is 7.51. The van der Waals surface area contributed by atoms with Crippen LogP contribution in [0.5, 0.6) is 5.75 Å². The molecular formula is C20H31N5O2. The fourth-order valence-electron chi connectivity index (χ4n) is 2.71. The lowest BCUT2D eigenvalue weighted by Crippen LogP contribution is -2.39. The predicted molar refractivity (Wildman–Crippen MR) is 108 cm³/mol. The van der Waals surface area contributed by atoms with Gasteiger partial charge in [-0.3, -0.25) is 4.68 Å². The normalized spacial score (nSPS) is 13.9. The van der Waals surface area contributed by atoms with Crippen LogP contribution in [0.25, 0.3) is 0 Å². The highest BCUT2D eigenvalue weighted by atomic mass is 16.5. The van der Waals surface area contributed by atoms with Gasteiger partial charge in [-0.1, -0.05) is 12.1 Å². The average Bonchev–Trinajstić information content (AvgIpc) is 3.08. The first-order valence-electron chi connectivity index (χ1n) is 9.23. The Bertz CT molecular complexity index is 767. The second-order valence-corrected chi connectivity index (χ2v) is 6.85. The Morgan fingerprint density at radius 3 is 2.78 bits per heavy atom. The van der Waals surface area contributed by atoms with Crippen molar-refractivity contribution in [1.82, 2.24) is 20.4 Å². The number of aryl methyl sites for hydroxylation is 2. The summed E-state index contributed by atoms with van der Waals surface area (Å²) in [5.41, 5.74) is 2.00. The van der Waals surface area contributed by atoms with Crippen molar-refractivity contribution in [3.8, 4) is 5.75 Å². The fourth-order valence-corrected chi connectivity index (χ4v) is 2.71. The third-order valence-electron chi connectivity index (χ3n) is 4.39. The molecule has 0 bridgehead atoms. The minimum absolute atomic E-state index is 0.242. The molecule has 0 radical (unpaired) electrons. The van der Waals surface area contributed by atoms with Crippen LogP contribution in [-0.4, -0.2) is 47.6 Å². The van der Waals surface area contributed by atoms with Gasteiger partial charge in [-0.05, 0) is 44.4 Å². The van der Waals surface area contributed by atoms with E-state index in [2.05, 4.69) is 38.9 Å². The van der Waals surface area contributed by atoms with E-state index in [1.807, 2.05) is 20.9 Å². The van der Waals surface area contributed by atoms with Crippen LogP contribution in [0.15, 0.2) is 35.6 Å². The molecule has 148 valence electrons. The molecule has 0 saturated heterocycles. The number of hydrogen-bond donors (Lipinski definition) is 3. The first-order valence-corrected chi connectivity index (χ1v) is 9.23. The van der Waals surface area contributed by atoms with Crippen LogP contribution in [0.4, 0.5) is 0 Å². The van der Waals surface area contributed by atoms with Crippen molar-refractivity contribution in [2.75, 3.05) is 26.7 Å². The van der Waals surface area contributed by atoms with E-state index in [1.54, 1.807) is 31.1 Å². The maximum atomic E-state index is 10.7. The van der Waals surface area contributed by atoms with Gasteiger partial charge in [-0.2, -0.15) is 5.10 Å². The molecule has 0 saturated carbocycles. The SMILES string of the molecule is CCNC(=NCC(C)(O)c1cnn(C)c1)NCCc1ccc(C)c(OC)c1. The van der Waals surface area contributed by atoms with E-state index in [-0.39, 0.29) is 6.54 Å². The highest BCUT2D eigenvalue weighted by Crippen LogP contribution is 2.20. The van der Waals surface area contributed by atoms with Crippen molar-refractivity contribution in [1.29, 1.82) is 0 Å². The van der Waals surface area contributed by atoms with Gasteiger partial charge in [0, 0.05) is 31.9 Å². The minimum Gasteiger partial charge on any atom is -0.496 e. The quantitative estimate of drug-likeness (QED) is 0.485. The molecule has 1 atom stereocenters. The second kappa shape index (κ2) is 9.41. The van der Waals surface area contributed by atoms with Gasteiger partial charge in [-0.15, -0.1) is 0 Å². The lowest BCUT2D eigenvalue weighted by molar-refractivity contribution is 0.0672. The monoisotopic (exact) mass is 373 g/mol. The van der Waals surface area contributed by atoms with Crippen LogP contribution in [0.3, 0.4) is 0 Å². The summed E-state index contributed by atoms with van der Waals surface area (Å²) in [7, 11) is 3.52. The lowest BCUT2D eigenvalue weighted by atomic mass is 10.0. The van der Waals surface area contributed by atoms with Gasteiger partial charge >= 0.3 is 0 Å². The van der Waals surface area contributed by atoms with Gasteiger partial charge in [0.05, 0.1) is 19.9 Å². The number of rotatable bonds is 8. The number of hydrogen-bond acceptors (Lipinski definition) is 4. The molecule has 7 heteroatoms. The zero-order chi connectivity index (χ0) is 19.9. The third kappa shape index (κ3) is 5.99. The largest absolute Gasteiger partial charge is 0.496 e. The smallest absolute Gasteiger partial charge is 0.191 e. The Kier molecular flexibility index (Phi) is 7.24. The van der Waals surface area contributed by atoms with E-state index >= 15 is 0 Å². The summed E-state index contributed by atoms with van der Waals surface area (Å²) >= 11 is 0. The van der Waals surface area contributed by atoms with Crippen LogP contribution < -0.4 is 15.4 Å². The molecule has 0 aliphatic heterocycles. The zero-order valence-corrected chi connectivity index (χ0v) is 16.9. The third-order valence-corrected chi connectivity index (χ3v) is 4.39. The van der Waals surface area contributed by atoms with Crippen LogP contribution in [0, 0.1) is 6.92 Å². The molecule has 0 aliphatic carbocycles. The number of aromatic nitrogens is 2. The number of methoxy groups -OCH3 is 1. The molecule has 0 aliphatic rings. The fraction of sp³-hybridized carbons (Fsp3) is 0.500. The van der Waals surface area contributed by atoms with Gasteiger partial charge in [0.25, 0.3) is 0 Å². The van der Waals surface area contributed by atoms with Gasteiger partial charge in [0.2, 0.25) is 0 Å². The Labute approximate surface area is 161 Å². The first-order chi connectivity index (χ1) is 12.9. The van der Waals surface area contributed by atoms with E-state index < -0.39 is 5.60 Å². The first kappa shape index (κ1) is 20.8. The van der Waals surface area contributed by atoms with Crippen molar-refractivity contribution in [3.63, 3.8) is 0 Å². The van der Waals surface area contributed by atoms with Crippen LogP contribution in [0.1, 0.15) is 30.5 Å². The van der Waals surface area contributed by atoms with Gasteiger partial charge < -0.3 is 20.5 Å². The van der Waals surface area contributed by atoms with Crippen LogP contribution in [-0.2, 0) is 19.1 Å². The van der Waals surface area contributed by atoms with Gasteiger partial charge in [-0.25, -0.2) is 4.99 Å². The number of guanidine groups is 1. The molecule has 0 fully saturated rings. The van der Waals surface area contributed by atoms with Crippen LogP contribution >= 0.6 is 0 Å². The standard InChI is InChI=1S/C20H31N5O2/c1-6-21-19(23-14-20(3,26)17-12-24-25(4)13-17)22-10-9-16-8-7-15(2)18(11-16)27-5/h7-8,11-13,26H,6,9-10,14H2,1-5H3,(H2,21,22,23). The molecule has 1 unspecified atom stereocenters. The van der Waals surface area contributed by atoms with Crippen molar-refractivity contribution >= 4 is 5.96 Å². The molecule has 0 spiro atoms. The molecule has 0 amide bonds. The van der Waals surface area contributed by atoms with E-state index in [9.17, 15) is 5.11 Å². The summed E-state index contributed by atoms with van der Waals surface area (Å²) in [5.74, 6) is 1.58. The Hall–Kier alpha value is -2.54. The summed E-state index contributed by atoms with van der Waals surface area (Å²) in [5, 5.41) is 21.3. The van der Waals surface area contributed by atoms with Gasteiger partial charge in [0.1, 0.15) is 11.4 Å². The summed E-state index contributed by atoms with van der Waals surface area (Å²) in [6, 6.07) is 6.24. The van der Waals surface area contributed by atoms with E-state index in [4.69, 9.17) is 4.74 Å². The Morgan fingerprint density at radius 1 is 1.37 bits per heavy atom. The second-order valence-electron chi connectivity index (χ2n) is 6.85. The topological polar surface area (TPSA) is 83.7 Å². The number of ether oxygens (including phenoxy) is 1. The minimum atomic E-state index is -1.07. The average molecular weight is 374 g/mol. The van der Waals surface area contributed by atoms with E-state index in [0.717, 1.165) is 36.4 Å². The molecule has 27 heavy (non-hydrogen) atoms. The molecule has 7 nitrogen and oxygen atoms in total. The van der Waals surface area contributed by atoms with Crippen LogP contribution in [0.2, 0.25) is 0 Å². The highest BCUT2D eigenvalue weighted by Gasteiger charge is 2.24. The number of nitrogens with one attached hydrogen (secondary N) is 2. The summed E-state index contributed by atoms with van der Waals surface area (Å²) in [6.07, 6.45) is 4.32. The van der Waals surface area contributed by atoms with Crippen molar-refractivity contribution < 1.29 is 9.84 Å². The number of aliphatic hydroxyl groups is 1. The zero-order valence-electron chi connectivity index (χ0n) is 16.9. The summed E-state index contributed by atoms with van der Waals surface area (Å²) < 4.78 is 7.05. The Morgan fingerprint density at radius 2 is 2.15 bits per heavy atom. The molecular weight excluding hydrogens is 342 g/mol. The van der Waals surface area contributed by atoms with Crippen molar-refractivity contribution in [2.45, 2.75) is 32.8 Å². The maximum absolute atomic E-state index is 10.7. The molecule has 3 N–H and O–H groups in total. The highest BCUT2D eigenvalue weighted by molar-refractivity contribution is 5.79. The Balaban J connectivity index is 1.95. The molecule has 1 aromatic carbocycles. The van der Waals surface area contributed by atoms with Crippen molar-refractivity contribution in [2.24, 2.45) is 12.0 Å².